The number of phenols is 1. The monoisotopic (exact) mass is 433 g/mol. The molecule has 4 rings (SSSR count). The molecule has 0 fully saturated rings. The number of rotatable bonds is 8. The molecule has 1 aliphatic heterocycles. The summed E-state index contributed by atoms with van der Waals surface area (Å²) >= 11 is 0. The third-order valence-electron chi connectivity index (χ3n) is 5.94. The zero-order chi connectivity index (χ0) is 22.8. The van der Waals surface area contributed by atoms with E-state index in [0.717, 1.165) is 17.5 Å². The molecule has 0 bridgehead atoms. The Morgan fingerprint density at radius 2 is 1.81 bits per heavy atom. The number of para-hydroxylation sites is 1. The number of H-pyrrole nitrogens is 1. The number of aromatic hydroxyl groups is 1. The molecule has 0 radical (unpaired) electrons. The Labute approximate surface area is 189 Å². The van der Waals surface area contributed by atoms with Crippen molar-refractivity contribution >= 4 is 5.91 Å². The maximum absolute atomic E-state index is 13.4. The number of phenolic OH excluding ortho intramolecular Hbond substituents is 1. The van der Waals surface area contributed by atoms with E-state index in [1.165, 1.54) is 5.56 Å². The molecule has 2 N–H and O–H groups in total. The average molecular weight is 434 g/mol. The second-order valence-corrected chi connectivity index (χ2v) is 8.87. The number of carbonyl (C=O) groups is 1. The van der Waals surface area contributed by atoms with Crippen LogP contribution < -0.4 is 0 Å². The SMILES string of the molecule is CC(C)OCCCN1C(=O)c2[nH]nc(-c3ccccc3O)c2[C@@H]1c1ccc(C(C)C)cc1. The van der Waals surface area contributed by atoms with Crippen LogP contribution in [0.15, 0.2) is 48.5 Å². The highest BCUT2D eigenvalue weighted by molar-refractivity contribution is 6.00. The summed E-state index contributed by atoms with van der Waals surface area (Å²) in [6.45, 7) is 9.52. The highest BCUT2D eigenvalue weighted by atomic mass is 16.5. The maximum atomic E-state index is 13.4. The molecule has 3 aromatic rings. The third kappa shape index (κ3) is 4.15. The second-order valence-electron chi connectivity index (χ2n) is 8.87. The van der Waals surface area contributed by atoms with Gasteiger partial charge in [0.05, 0.1) is 12.1 Å². The number of aromatic amines is 1. The Morgan fingerprint density at radius 3 is 2.47 bits per heavy atom. The third-order valence-corrected chi connectivity index (χ3v) is 5.94. The van der Waals surface area contributed by atoms with Crippen molar-refractivity contribution in [2.24, 2.45) is 0 Å². The number of amides is 1. The summed E-state index contributed by atoms with van der Waals surface area (Å²) in [5.41, 5.74) is 4.83. The Morgan fingerprint density at radius 1 is 1.09 bits per heavy atom. The molecule has 168 valence electrons. The van der Waals surface area contributed by atoms with Gasteiger partial charge >= 0.3 is 0 Å². The first-order valence-electron chi connectivity index (χ1n) is 11.3. The predicted octanol–water partition coefficient (Wildman–Crippen LogP) is 5.27. The molecule has 2 heterocycles. The summed E-state index contributed by atoms with van der Waals surface area (Å²) in [4.78, 5) is 15.3. The summed E-state index contributed by atoms with van der Waals surface area (Å²) in [5, 5.41) is 17.8. The largest absolute Gasteiger partial charge is 0.507 e. The average Bonchev–Trinajstić information content (AvgIpc) is 3.30. The van der Waals surface area contributed by atoms with E-state index in [4.69, 9.17) is 4.74 Å². The number of carbonyl (C=O) groups excluding carboxylic acids is 1. The van der Waals surface area contributed by atoms with Crippen molar-refractivity contribution in [1.29, 1.82) is 0 Å². The number of ether oxygens (including phenoxy) is 1. The second kappa shape index (κ2) is 9.17. The first-order chi connectivity index (χ1) is 15.4. The van der Waals surface area contributed by atoms with Gasteiger partial charge in [0.25, 0.3) is 5.91 Å². The Balaban J connectivity index is 1.74. The minimum absolute atomic E-state index is 0.0725. The van der Waals surface area contributed by atoms with E-state index in [1.807, 2.05) is 30.9 Å². The Hall–Kier alpha value is -3.12. The summed E-state index contributed by atoms with van der Waals surface area (Å²) < 4.78 is 5.70. The number of hydrogen-bond donors (Lipinski definition) is 2. The van der Waals surface area contributed by atoms with E-state index < -0.39 is 0 Å². The topological polar surface area (TPSA) is 78.5 Å². The standard InChI is InChI=1S/C26H31N3O3/c1-16(2)18-10-12-19(13-11-18)25-22-23(20-8-5-6-9-21(20)30)27-28-24(22)26(31)29(25)14-7-15-32-17(3)4/h5-6,8-13,16-17,25,30H,7,14-15H2,1-4H3,(H,27,28)/t25-/m0/s1. The minimum atomic E-state index is -0.272. The van der Waals surface area contributed by atoms with Gasteiger partial charge in [0.15, 0.2) is 0 Å². The Bertz CT molecular complexity index is 1090. The molecule has 2 aromatic carbocycles. The summed E-state index contributed by atoms with van der Waals surface area (Å²) in [6, 6.07) is 15.3. The van der Waals surface area contributed by atoms with Crippen molar-refractivity contribution in [3.8, 4) is 17.0 Å². The van der Waals surface area contributed by atoms with Crippen molar-refractivity contribution < 1.29 is 14.6 Å². The molecule has 6 heteroatoms. The summed E-state index contributed by atoms with van der Waals surface area (Å²) in [5.74, 6) is 0.503. The highest BCUT2D eigenvalue weighted by Crippen LogP contribution is 2.44. The van der Waals surface area contributed by atoms with Crippen molar-refractivity contribution in [3.05, 3.63) is 70.9 Å². The predicted molar refractivity (Wildman–Crippen MR) is 125 cm³/mol. The van der Waals surface area contributed by atoms with Crippen molar-refractivity contribution in [2.45, 2.75) is 52.2 Å². The fourth-order valence-corrected chi connectivity index (χ4v) is 4.27. The van der Waals surface area contributed by atoms with Crippen LogP contribution in [0.3, 0.4) is 0 Å². The van der Waals surface area contributed by atoms with Crippen LogP contribution in [0.25, 0.3) is 11.3 Å². The molecule has 0 spiro atoms. The number of nitrogens with one attached hydrogen (secondary N) is 1. The van der Waals surface area contributed by atoms with Crippen LogP contribution in [0.1, 0.15) is 73.3 Å². The fraction of sp³-hybridized carbons (Fsp3) is 0.385. The van der Waals surface area contributed by atoms with Crippen molar-refractivity contribution in [1.82, 2.24) is 15.1 Å². The first-order valence-corrected chi connectivity index (χ1v) is 11.3. The van der Waals surface area contributed by atoms with E-state index >= 15 is 0 Å². The Kier molecular flexibility index (Phi) is 6.33. The molecular weight excluding hydrogens is 402 g/mol. The normalized spacial score (nSPS) is 15.8. The van der Waals surface area contributed by atoms with Gasteiger partial charge in [-0.25, -0.2) is 0 Å². The quantitative estimate of drug-likeness (QED) is 0.475. The zero-order valence-corrected chi connectivity index (χ0v) is 19.1. The van der Waals surface area contributed by atoms with Crippen LogP contribution in [0.4, 0.5) is 0 Å². The lowest BCUT2D eigenvalue weighted by molar-refractivity contribution is 0.0601. The molecule has 1 aliphatic rings. The van der Waals surface area contributed by atoms with Gasteiger partial charge in [-0.2, -0.15) is 5.10 Å². The van der Waals surface area contributed by atoms with E-state index in [-0.39, 0.29) is 23.8 Å². The van der Waals surface area contributed by atoms with E-state index in [9.17, 15) is 9.90 Å². The lowest BCUT2D eigenvalue weighted by Gasteiger charge is -2.27. The van der Waals surface area contributed by atoms with Gasteiger partial charge in [0.1, 0.15) is 17.1 Å². The number of hydrogen-bond acceptors (Lipinski definition) is 4. The van der Waals surface area contributed by atoms with Crippen molar-refractivity contribution in [3.63, 3.8) is 0 Å². The highest BCUT2D eigenvalue weighted by Gasteiger charge is 2.42. The van der Waals surface area contributed by atoms with Gasteiger partial charge in [-0.15, -0.1) is 0 Å². The molecular formula is C26H31N3O3. The molecule has 32 heavy (non-hydrogen) atoms. The van der Waals surface area contributed by atoms with Gasteiger partial charge in [-0.1, -0.05) is 50.2 Å². The molecule has 0 aliphatic carbocycles. The lowest BCUT2D eigenvalue weighted by atomic mass is 9.93. The molecule has 0 unspecified atom stereocenters. The van der Waals surface area contributed by atoms with Gasteiger partial charge < -0.3 is 14.7 Å². The van der Waals surface area contributed by atoms with Gasteiger partial charge in [0, 0.05) is 24.3 Å². The van der Waals surface area contributed by atoms with E-state index in [2.05, 4.69) is 48.3 Å². The van der Waals surface area contributed by atoms with Crippen LogP contribution in [0, 0.1) is 0 Å². The smallest absolute Gasteiger partial charge is 0.273 e. The van der Waals surface area contributed by atoms with Crippen LogP contribution in [-0.4, -0.2) is 45.4 Å². The number of fused-ring (bicyclic) bond motifs is 1. The van der Waals surface area contributed by atoms with Crippen LogP contribution in [0.5, 0.6) is 5.75 Å². The molecule has 1 amide bonds. The van der Waals surface area contributed by atoms with Crippen LogP contribution in [0.2, 0.25) is 0 Å². The lowest BCUT2D eigenvalue weighted by Crippen LogP contribution is -2.31. The van der Waals surface area contributed by atoms with Gasteiger partial charge in [0.2, 0.25) is 0 Å². The fourth-order valence-electron chi connectivity index (χ4n) is 4.27. The molecule has 1 atom stereocenters. The van der Waals surface area contributed by atoms with Crippen LogP contribution in [-0.2, 0) is 4.74 Å². The molecule has 0 saturated heterocycles. The minimum Gasteiger partial charge on any atom is -0.507 e. The molecule has 0 saturated carbocycles. The first kappa shape index (κ1) is 22.1. The van der Waals surface area contributed by atoms with E-state index in [0.29, 0.717) is 36.0 Å². The van der Waals surface area contributed by atoms with Crippen molar-refractivity contribution in [2.75, 3.05) is 13.2 Å². The number of aromatic nitrogens is 2. The number of nitrogens with zero attached hydrogens (tertiary/aromatic N) is 2. The van der Waals surface area contributed by atoms with Gasteiger partial charge in [-0.3, -0.25) is 9.89 Å². The van der Waals surface area contributed by atoms with Gasteiger partial charge in [-0.05, 0) is 49.4 Å². The number of benzene rings is 2. The maximum Gasteiger partial charge on any atom is 0.273 e. The summed E-state index contributed by atoms with van der Waals surface area (Å²) in [6.07, 6.45) is 0.905. The molecule has 1 aromatic heterocycles. The zero-order valence-electron chi connectivity index (χ0n) is 19.1. The van der Waals surface area contributed by atoms with E-state index in [1.54, 1.807) is 12.1 Å². The summed E-state index contributed by atoms with van der Waals surface area (Å²) in [7, 11) is 0. The van der Waals surface area contributed by atoms with Crippen LogP contribution >= 0.6 is 0 Å². The molecule has 6 nitrogen and oxygen atoms in total.